The first-order valence-electron chi connectivity index (χ1n) is 8.76. The highest BCUT2D eigenvalue weighted by Gasteiger charge is 2.37. The molecule has 1 amide bonds. The summed E-state index contributed by atoms with van der Waals surface area (Å²) in [6, 6.07) is 15.9. The van der Waals surface area contributed by atoms with E-state index in [1.54, 1.807) is 11.0 Å². The number of benzene rings is 2. The van der Waals surface area contributed by atoms with Crippen molar-refractivity contribution in [2.45, 2.75) is 6.54 Å². The Kier molecular flexibility index (Phi) is 4.89. The van der Waals surface area contributed by atoms with Gasteiger partial charge < -0.3 is 0 Å². The van der Waals surface area contributed by atoms with Crippen molar-refractivity contribution in [2.75, 3.05) is 37.7 Å². The van der Waals surface area contributed by atoms with Crippen LogP contribution in [0.3, 0.4) is 0 Å². The molecule has 0 atom stereocenters. The highest BCUT2D eigenvalue weighted by atomic mass is 79.9. The van der Waals surface area contributed by atoms with Crippen LogP contribution in [0.5, 0.6) is 0 Å². The van der Waals surface area contributed by atoms with E-state index in [9.17, 15) is 9.59 Å². The summed E-state index contributed by atoms with van der Waals surface area (Å²) < 4.78 is 0.814. The lowest BCUT2D eigenvalue weighted by Gasteiger charge is -2.36. The summed E-state index contributed by atoms with van der Waals surface area (Å²) >= 11 is 3.37. The molecule has 1 saturated heterocycles. The van der Waals surface area contributed by atoms with Gasteiger partial charge in [-0.05, 0) is 23.8 Å². The molecule has 0 N–H and O–H groups in total. The van der Waals surface area contributed by atoms with Crippen molar-refractivity contribution in [3.8, 4) is 0 Å². The fourth-order valence-electron chi connectivity index (χ4n) is 3.54. The average Bonchev–Trinajstić information content (AvgIpc) is 2.89. The number of anilines is 1. The van der Waals surface area contributed by atoms with Gasteiger partial charge in [-0.3, -0.25) is 24.3 Å². The maximum absolute atomic E-state index is 12.4. The van der Waals surface area contributed by atoms with Gasteiger partial charge in [0.1, 0.15) is 0 Å². The predicted molar refractivity (Wildman–Crippen MR) is 104 cm³/mol. The summed E-state index contributed by atoms with van der Waals surface area (Å²) in [5, 5.41) is 0. The van der Waals surface area contributed by atoms with E-state index in [4.69, 9.17) is 0 Å². The average molecular weight is 414 g/mol. The van der Waals surface area contributed by atoms with E-state index in [-0.39, 0.29) is 0 Å². The molecule has 134 valence electrons. The summed E-state index contributed by atoms with van der Waals surface area (Å²) in [5.41, 5.74) is 2.53. The van der Waals surface area contributed by atoms with Gasteiger partial charge >= 0.3 is 5.91 Å². The van der Waals surface area contributed by atoms with Crippen LogP contribution in [0.25, 0.3) is 0 Å². The van der Waals surface area contributed by atoms with Crippen molar-refractivity contribution in [3.05, 3.63) is 64.1 Å². The lowest BCUT2D eigenvalue weighted by atomic mass is 10.1. The van der Waals surface area contributed by atoms with Gasteiger partial charge in [0.2, 0.25) is 0 Å². The van der Waals surface area contributed by atoms with Gasteiger partial charge in [0.25, 0.3) is 5.78 Å². The zero-order valence-corrected chi connectivity index (χ0v) is 16.0. The summed E-state index contributed by atoms with van der Waals surface area (Å²) in [4.78, 5) is 30.9. The Morgan fingerprint density at radius 2 is 1.58 bits per heavy atom. The van der Waals surface area contributed by atoms with Crippen LogP contribution < -0.4 is 4.90 Å². The molecule has 0 radical (unpaired) electrons. The number of halogens is 1. The molecule has 5 nitrogen and oxygen atoms in total. The number of hydrogen-bond donors (Lipinski definition) is 0. The van der Waals surface area contributed by atoms with Crippen molar-refractivity contribution < 1.29 is 9.59 Å². The van der Waals surface area contributed by atoms with Crippen LogP contribution in [-0.4, -0.2) is 54.3 Å². The number of nitrogens with zero attached hydrogens (tertiary/aromatic N) is 3. The largest absolute Gasteiger partial charge is 0.300 e. The molecular formula is C20H20BrN3O2. The molecule has 0 unspecified atom stereocenters. The molecule has 2 aliphatic heterocycles. The van der Waals surface area contributed by atoms with Crippen LogP contribution >= 0.6 is 15.9 Å². The molecule has 4 rings (SSSR count). The molecule has 0 aromatic heterocycles. The Morgan fingerprint density at radius 3 is 2.31 bits per heavy atom. The molecule has 0 spiro atoms. The van der Waals surface area contributed by atoms with Crippen molar-refractivity contribution in [2.24, 2.45) is 0 Å². The highest BCUT2D eigenvalue weighted by molar-refractivity contribution is 9.10. The predicted octanol–water partition coefficient (Wildman–Crippen LogP) is 2.75. The van der Waals surface area contributed by atoms with E-state index in [1.807, 2.05) is 18.2 Å². The second-order valence-corrected chi connectivity index (χ2v) is 7.66. The smallest absolute Gasteiger partial charge is 0.297 e. The third-order valence-electron chi connectivity index (χ3n) is 4.99. The number of fused-ring (bicyclic) bond motifs is 1. The first-order valence-corrected chi connectivity index (χ1v) is 9.55. The summed E-state index contributed by atoms with van der Waals surface area (Å²) in [6.07, 6.45) is 0. The Bertz CT molecular complexity index is 832. The third kappa shape index (κ3) is 3.45. The van der Waals surface area contributed by atoms with Crippen molar-refractivity contribution >= 4 is 33.3 Å². The molecular weight excluding hydrogens is 394 g/mol. The Hall–Kier alpha value is -2.02. The van der Waals surface area contributed by atoms with E-state index in [1.165, 1.54) is 5.56 Å². The first-order chi connectivity index (χ1) is 12.6. The molecule has 2 aromatic carbocycles. The summed E-state index contributed by atoms with van der Waals surface area (Å²) in [7, 11) is 0. The number of amides is 1. The van der Waals surface area contributed by atoms with Gasteiger partial charge in [-0.1, -0.05) is 46.3 Å². The molecule has 2 aromatic rings. The number of carbonyl (C=O) groups excluding carboxylic acids is 2. The molecule has 2 aliphatic rings. The summed E-state index contributed by atoms with van der Waals surface area (Å²) in [5.74, 6) is -0.839. The van der Waals surface area contributed by atoms with Crippen LogP contribution in [0.4, 0.5) is 5.69 Å². The minimum absolute atomic E-state index is 0.413. The topological polar surface area (TPSA) is 43.9 Å². The maximum Gasteiger partial charge on any atom is 0.300 e. The summed E-state index contributed by atoms with van der Waals surface area (Å²) in [6.45, 7) is 5.11. The number of carbonyl (C=O) groups is 2. The fourth-order valence-corrected chi connectivity index (χ4v) is 3.90. The number of ketones is 1. The van der Waals surface area contributed by atoms with Crippen LogP contribution in [0, 0.1) is 0 Å². The van der Waals surface area contributed by atoms with Gasteiger partial charge in [0, 0.05) is 37.2 Å². The van der Waals surface area contributed by atoms with E-state index >= 15 is 0 Å². The van der Waals surface area contributed by atoms with E-state index in [2.05, 4.69) is 50.0 Å². The van der Waals surface area contributed by atoms with Crippen LogP contribution in [0.15, 0.2) is 53.0 Å². The highest BCUT2D eigenvalue weighted by Crippen LogP contribution is 2.31. The zero-order chi connectivity index (χ0) is 18.1. The van der Waals surface area contributed by atoms with E-state index in [0.29, 0.717) is 12.2 Å². The molecule has 0 bridgehead atoms. The molecule has 0 saturated carbocycles. The van der Waals surface area contributed by atoms with Gasteiger partial charge in [-0.2, -0.15) is 0 Å². The molecule has 6 heteroatoms. The maximum atomic E-state index is 12.4. The number of piperazine rings is 1. The standard InChI is InChI=1S/C20H20BrN3O2/c21-16-6-7-18-17(12-16)19(25)20(26)24(18)14-23-10-8-22(9-11-23)13-15-4-2-1-3-5-15/h1-7,12H,8-11,13-14H2. The zero-order valence-electron chi connectivity index (χ0n) is 14.4. The number of rotatable bonds is 4. The van der Waals surface area contributed by atoms with Crippen molar-refractivity contribution in [1.82, 2.24) is 9.80 Å². The quantitative estimate of drug-likeness (QED) is 0.722. The first kappa shape index (κ1) is 17.4. The number of hydrogen-bond acceptors (Lipinski definition) is 4. The normalized spacial score (nSPS) is 18.4. The van der Waals surface area contributed by atoms with Gasteiger partial charge in [-0.25, -0.2) is 0 Å². The fraction of sp³-hybridized carbons (Fsp3) is 0.300. The lowest BCUT2D eigenvalue weighted by Crippen LogP contribution is -2.50. The molecule has 0 aliphatic carbocycles. The molecule has 26 heavy (non-hydrogen) atoms. The van der Waals surface area contributed by atoms with E-state index in [0.717, 1.165) is 42.9 Å². The minimum Gasteiger partial charge on any atom is -0.297 e. The van der Waals surface area contributed by atoms with E-state index < -0.39 is 11.7 Å². The Balaban J connectivity index is 1.38. The Labute approximate surface area is 161 Å². The van der Waals surface area contributed by atoms with Gasteiger partial charge in [-0.15, -0.1) is 0 Å². The SMILES string of the molecule is O=C1C(=O)N(CN2CCN(Cc3ccccc3)CC2)c2ccc(Br)cc21. The molecule has 1 fully saturated rings. The number of Topliss-reactive ketones (excluding diaryl/α,β-unsaturated/α-hetero) is 1. The second kappa shape index (κ2) is 7.31. The van der Waals surface area contributed by atoms with Crippen molar-refractivity contribution in [1.29, 1.82) is 0 Å². The third-order valence-corrected chi connectivity index (χ3v) is 5.48. The molecule has 2 heterocycles. The minimum atomic E-state index is -0.426. The van der Waals surface area contributed by atoms with Crippen LogP contribution in [0.1, 0.15) is 15.9 Å². The van der Waals surface area contributed by atoms with Gasteiger partial charge in [0.15, 0.2) is 0 Å². The van der Waals surface area contributed by atoms with Crippen LogP contribution in [0.2, 0.25) is 0 Å². The second-order valence-electron chi connectivity index (χ2n) is 6.74. The van der Waals surface area contributed by atoms with Crippen LogP contribution in [-0.2, 0) is 11.3 Å². The lowest BCUT2D eigenvalue weighted by molar-refractivity contribution is -0.114. The van der Waals surface area contributed by atoms with Gasteiger partial charge in [0.05, 0.1) is 17.9 Å². The monoisotopic (exact) mass is 413 g/mol. The Morgan fingerprint density at radius 1 is 0.885 bits per heavy atom. The van der Waals surface area contributed by atoms with Crippen molar-refractivity contribution in [3.63, 3.8) is 0 Å².